The first-order valence-electron chi connectivity index (χ1n) is 5.62. The van der Waals surface area contributed by atoms with E-state index in [1.807, 2.05) is 30.3 Å². The Morgan fingerprint density at radius 1 is 0.889 bits per heavy atom. The third-order valence-corrected chi connectivity index (χ3v) is 3.13. The van der Waals surface area contributed by atoms with Crippen molar-refractivity contribution in [3.05, 3.63) is 42.5 Å². The lowest BCUT2D eigenvalue weighted by Gasteiger charge is -2.09. The number of methoxy groups -OCH3 is 1. The number of phenolic OH excluding ortho intramolecular Hbond substituents is 2. The fraction of sp³-hybridized carbons (Fsp3) is 0.0667. The van der Waals surface area contributed by atoms with Crippen molar-refractivity contribution in [1.82, 2.24) is 0 Å². The lowest BCUT2D eigenvalue weighted by molar-refractivity contribution is 0.374. The van der Waals surface area contributed by atoms with Crippen LogP contribution in [0.15, 0.2) is 42.5 Å². The van der Waals surface area contributed by atoms with E-state index in [0.717, 1.165) is 16.2 Å². The second kappa shape index (κ2) is 3.81. The van der Waals surface area contributed by atoms with Gasteiger partial charge >= 0.3 is 0 Å². The van der Waals surface area contributed by atoms with E-state index in [2.05, 4.69) is 0 Å². The molecule has 0 bridgehead atoms. The highest BCUT2D eigenvalue weighted by Gasteiger charge is 2.10. The lowest BCUT2D eigenvalue weighted by atomic mass is 10.0. The minimum absolute atomic E-state index is 0.0237. The maximum absolute atomic E-state index is 10.2. The van der Waals surface area contributed by atoms with Gasteiger partial charge in [-0.1, -0.05) is 24.3 Å². The van der Waals surface area contributed by atoms with E-state index in [1.165, 1.54) is 13.2 Å². The summed E-state index contributed by atoms with van der Waals surface area (Å²) in [5.74, 6) is 0.605. The summed E-state index contributed by atoms with van der Waals surface area (Å²) in [4.78, 5) is 0. The quantitative estimate of drug-likeness (QED) is 0.641. The molecule has 90 valence electrons. The molecule has 3 aromatic carbocycles. The summed E-state index contributed by atoms with van der Waals surface area (Å²) >= 11 is 0. The van der Waals surface area contributed by atoms with Gasteiger partial charge in [0.15, 0.2) is 11.5 Å². The molecule has 0 heterocycles. The van der Waals surface area contributed by atoms with Gasteiger partial charge in [0.25, 0.3) is 0 Å². The Morgan fingerprint density at radius 3 is 2.44 bits per heavy atom. The summed E-state index contributed by atoms with van der Waals surface area (Å²) in [6.07, 6.45) is 0. The van der Waals surface area contributed by atoms with Crippen molar-refractivity contribution in [2.75, 3.05) is 7.11 Å². The van der Waals surface area contributed by atoms with Gasteiger partial charge < -0.3 is 14.9 Å². The van der Waals surface area contributed by atoms with E-state index < -0.39 is 0 Å². The van der Waals surface area contributed by atoms with Gasteiger partial charge in [-0.25, -0.2) is 0 Å². The van der Waals surface area contributed by atoms with Crippen LogP contribution in [0.4, 0.5) is 0 Å². The first-order chi connectivity index (χ1) is 8.70. The van der Waals surface area contributed by atoms with Gasteiger partial charge in [0.05, 0.1) is 7.11 Å². The second-order valence-electron chi connectivity index (χ2n) is 4.19. The molecule has 0 radical (unpaired) electrons. The van der Waals surface area contributed by atoms with Gasteiger partial charge in [0.1, 0.15) is 5.75 Å². The highest BCUT2D eigenvalue weighted by Crippen LogP contribution is 2.39. The number of hydrogen-bond donors (Lipinski definition) is 2. The fourth-order valence-electron chi connectivity index (χ4n) is 2.22. The molecule has 0 aromatic heterocycles. The molecule has 0 fully saturated rings. The molecule has 0 aliphatic rings. The van der Waals surface area contributed by atoms with Crippen LogP contribution in [0.5, 0.6) is 17.2 Å². The second-order valence-corrected chi connectivity index (χ2v) is 4.19. The highest BCUT2D eigenvalue weighted by molar-refractivity contribution is 6.05. The van der Waals surface area contributed by atoms with E-state index in [1.54, 1.807) is 6.07 Å². The monoisotopic (exact) mass is 240 g/mol. The van der Waals surface area contributed by atoms with Crippen molar-refractivity contribution in [3.8, 4) is 17.2 Å². The van der Waals surface area contributed by atoms with Crippen LogP contribution in [-0.2, 0) is 0 Å². The molecule has 0 aliphatic heterocycles. The van der Waals surface area contributed by atoms with E-state index in [-0.39, 0.29) is 11.5 Å². The van der Waals surface area contributed by atoms with Crippen LogP contribution >= 0.6 is 0 Å². The molecule has 0 atom stereocenters. The van der Waals surface area contributed by atoms with Crippen LogP contribution in [0.1, 0.15) is 0 Å². The van der Waals surface area contributed by atoms with Crippen LogP contribution in [0, 0.1) is 0 Å². The maximum atomic E-state index is 10.2. The number of fused-ring (bicyclic) bond motifs is 2. The summed E-state index contributed by atoms with van der Waals surface area (Å²) < 4.78 is 5.07. The smallest absolute Gasteiger partial charge is 0.161 e. The predicted molar refractivity (Wildman–Crippen MR) is 71.3 cm³/mol. The first kappa shape index (κ1) is 10.7. The summed E-state index contributed by atoms with van der Waals surface area (Å²) in [5.41, 5.74) is 0. The summed E-state index contributed by atoms with van der Waals surface area (Å²) in [6.45, 7) is 0. The van der Waals surface area contributed by atoms with Crippen molar-refractivity contribution in [2.45, 2.75) is 0 Å². The van der Waals surface area contributed by atoms with Crippen molar-refractivity contribution < 1.29 is 14.9 Å². The Bertz CT molecular complexity index is 747. The fourth-order valence-corrected chi connectivity index (χ4v) is 2.22. The van der Waals surface area contributed by atoms with Crippen LogP contribution in [0.3, 0.4) is 0 Å². The average Bonchev–Trinajstić information content (AvgIpc) is 2.39. The number of benzene rings is 3. The zero-order valence-corrected chi connectivity index (χ0v) is 9.84. The van der Waals surface area contributed by atoms with E-state index >= 15 is 0 Å². The van der Waals surface area contributed by atoms with Crippen molar-refractivity contribution in [2.24, 2.45) is 0 Å². The molecular formula is C15H12O3. The molecule has 3 rings (SSSR count). The first-order valence-corrected chi connectivity index (χ1v) is 5.62. The highest BCUT2D eigenvalue weighted by atomic mass is 16.5. The summed E-state index contributed by atoms with van der Waals surface area (Å²) in [5, 5.41) is 23.2. The minimum Gasteiger partial charge on any atom is -0.507 e. The van der Waals surface area contributed by atoms with Gasteiger partial charge in [-0.15, -0.1) is 0 Å². The van der Waals surface area contributed by atoms with Crippen LogP contribution in [-0.4, -0.2) is 17.3 Å². The van der Waals surface area contributed by atoms with Gasteiger partial charge in [-0.05, 0) is 29.0 Å². The molecule has 2 N–H and O–H groups in total. The Labute approximate surface area is 104 Å². The number of aromatic hydroxyl groups is 2. The Balaban J connectivity index is 2.48. The molecule has 0 saturated heterocycles. The van der Waals surface area contributed by atoms with Crippen LogP contribution in [0.25, 0.3) is 21.5 Å². The molecule has 0 aliphatic carbocycles. The molecule has 0 saturated carbocycles. The van der Waals surface area contributed by atoms with Crippen LogP contribution in [0.2, 0.25) is 0 Å². The van der Waals surface area contributed by atoms with Crippen molar-refractivity contribution in [3.63, 3.8) is 0 Å². The Kier molecular flexibility index (Phi) is 2.27. The SMILES string of the molecule is COc1cc2cc3ccccc3c(O)c2cc1O. The van der Waals surface area contributed by atoms with Gasteiger partial charge in [-0.2, -0.15) is 0 Å². The zero-order valence-electron chi connectivity index (χ0n) is 9.84. The van der Waals surface area contributed by atoms with Crippen molar-refractivity contribution in [1.29, 1.82) is 0 Å². The van der Waals surface area contributed by atoms with Crippen LogP contribution < -0.4 is 4.74 Å². The Morgan fingerprint density at radius 2 is 1.67 bits per heavy atom. The molecule has 0 unspecified atom stereocenters. The number of phenols is 2. The Hall–Kier alpha value is -2.42. The lowest BCUT2D eigenvalue weighted by Crippen LogP contribution is -1.85. The van der Waals surface area contributed by atoms with E-state index in [9.17, 15) is 10.2 Å². The van der Waals surface area contributed by atoms with E-state index in [0.29, 0.717) is 11.1 Å². The average molecular weight is 240 g/mol. The third kappa shape index (κ3) is 1.44. The maximum Gasteiger partial charge on any atom is 0.161 e. The molecule has 3 nitrogen and oxygen atoms in total. The van der Waals surface area contributed by atoms with Gasteiger partial charge in [-0.3, -0.25) is 0 Å². The molecular weight excluding hydrogens is 228 g/mol. The molecule has 0 amide bonds. The molecule has 3 aromatic rings. The zero-order chi connectivity index (χ0) is 12.7. The predicted octanol–water partition coefficient (Wildman–Crippen LogP) is 3.41. The van der Waals surface area contributed by atoms with Gasteiger partial charge in [0, 0.05) is 10.8 Å². The van der Waals surface area contributed by atoms with Gasteiger partial charge in [0.2, 0.25) is 0 Å². The summed E-state index contributed by atoms with van der Waals surface area (Å²) in [7, 11) is 1.50. The molecule has 0 spiro atoms. The van der Waals surface area contributed by atoms with Crippen molar-refractivity contribution >= 4 is 21.5 Å². The van der Waals surface area contributed by atoms with E-state index in [4.69, 9.17) is 4.74 Å². The normalized spacial score (nSPS) is 10.9. The molecule has 18 heavy (non-hydrogen) atoms. The minimum atomic E-state index is 0.0237. The topological polar surface area (TPSA) is 49.7 Å². The number of hydrogen-bond acceptors (Lipinski definition) is 3. The third-order valence-electron chi connectivity index (χ3n) is 3.13. The summed E-state index contributed by atoms with van der Waals surface area (Å²) in [6, 6.07) is 12.8. The number of rotatable bonds is 1. The standard InChI is InChI=1S/C15H12O3/c1-18-14-7-10-6-9-4-2-3-5-11(9)15(17)12(10)8-13(14)16/h2-8,16-17H,1H3. The number of ether oxygens (including phenoxy) is 1. The molecule has 3 heteroatoms. The largest absolute Gasteiger partial charge is 0.507 e.